The van der Waals surface area contributed by atoms with E-state index in [-0.39, 0.29) is 17.4 Å². The van der Waals surface area contributed by atoms with Gasteiger partial charge in [-0.15, -0.1) is 0 Å². The Morgan fingerprint density at radius 2 is 1.77 bits per heavy atom. The maximum atomic E-state index is 12.9. The van der Waals surface area contributed by atoms with Gasteiger partial charge in [-0.25, -0.2) is 4.79 Å². The standard InChI is InChI=1S/C23H27ClN2O3.C2H6/c1-29-21(27)9-5-14-23(18-7-3-2-4-8-18)15-6-16-26(17-23)22(28)25-20-12-10-19(24)11-13-20;1-2/h2-4,7-8,10-13H,5-6,9,14-17H2,1H3,(H,25,28);1-2H3. The normalized spacial score (nSPS) is 17.9. The molecule has 0 saturated carbocycles. The molecule has 3 rings (SSSR count). The van der Waals surface area contributed by atoms with Crippen LogP contribution in [0.4, 0.5) is 10.5 Å². The molecule has 2 aromatic rings. The van der Waals surface area contributed by atoms with Gasteiger partial charge in [-0.2, -0.15) is 0 Å². The molecule has 0 aromatic heterocycles. The highest BCUT2D eigenvalue weighted by atomic mass is 35.5. The fourth-order valence-electron chi connectivity index (χ4n) is 4.09. The van der Waals surface area contributed by atoms with Gasteiger partial charge in [0.2, 0.25) is 0 Å². The van der Waals surface area contributed by atoms with Gasteiger partial charge < -0.3 is 15.0 Å². The summed E-state index contributed by atoms with van der Waals surface area (Å²) >= 11 is 5.93. The SMILES string of the molecule is CC.COC(=O)CCCC1(c2ccccc2)CCCN(C(=O)Nc2ccc(Cl)cc2)C1. The van der Waals surface area contributed by atoms with E-state index in [1.807, 2.05) is 36.9 Å². The number of anilines is 1. The summed E-state index contributed by atoms with van der Waals surface area (Å²) in [5.41, 5.74) is 1.78. The van der Waals surface area contributed by atoms with Crippen LogP contribution in [0.3, 0.4) is 0 Å². The Hall–Kier alpha value is -2.53. The molecule has 0 aliphatic carbocycles. The van der Waals surface area contributed by atoms with Crippen LogP contribution in [0, 0.1) is 0 Å². The van der Waals surface area contributed by atoms with Crippen LogP contribution < -0.4 is 5.32 Å². The van der Waals surface area contributed by atoms with Crippen molar-refractivity contribution in [2.45, 2.75) is 51.4 Å². The van der Waals surface area contributed by atoms with Crippen LogP contribution in [0.5, 0.6) is 0 Å². The molecule has 6 heteroatoms. The Labute approximate surface area is 190 Å². The van der Waals surface area contributed by atoms with Crippen molar-refractivity contribution in [3.8, 4) is 0 Å². The van der Waals surface area contributed by atoms with Crippen molar-refractivity contribution < 1.29 is 14.3 Å². The zero-order valence-corrected chi connectivity index (χ0v) is 19.5. The molecular weight excluding hydrogens is 412 g/mol. The van der Waals surface area contributed by atoms with E-state index in [1.165, 1.54) is 12.7 Å². The first-order valence-electron chi connectivity index (χ1n) is 11.0. The number of piperidine rings is 1. The van der Waals surface area contributed by atoms with Gasteiger partial charge in [-0.3, -0.25) is 4.79 Å². The third kappa shape index (κ3) is 7.00. The lowest BCUT2D eigenvalue weighted by Crippen LogP contribution is -2.50. The number of carbonyl (C=O) groups is 2. The van der Waals surface area contributed by atoms with E-state index in [2.05, 4.69) is 17.4 Å². The number of rotatable bonds is 6. The van der Waals surface area contributed by atoms with Crippen LogP contribution in [-0.2, 0) is 14.9 Å². The van der Waals surface area contributed by atoms with Crippen LogP contribution in [0.25, 0.3) is 0 Å². The summed E-state index contributed by atoms with van der Waals surface area (Å²) in [5.74, 6) is -0.193. The van der Waals surface area contributed by atoms with E-state index in [4.69, 9.17) is 16.3 Å². The summed E-state index contributed by atoms with van der Waals surface area (Å²) in [6, 6.07) is 17.3. The Balaban J connectivity index is 0.00000166. The van der Waals surface area contributed by atoms with Crippen molar-refractivity contribution in [1.29, 1.82) is 0 Å². The third-order valence-corrected chi connectivity index (χ3v) is 5.86. The summed E-state index contributed by atoms with van der Waals surface area (Å²) in [5, 5.41) is 3.60. The third-order valence-electron chi connectivity index (χ3n) is 5.61. The highest BCUT2D eigenvalue weighted by Gasteiger charge is 2.38. The maximum absolute atomic E-state index is 12.9. The Kier molecular flexibility index (Phi) is 9.86. The lowest BCUT2D eigenvalue weighted by atomic mass is 9.71. The van der Waals surface area contributed by atoms with Gasteiger partial charge in [0, 0.05) is 35.6 Å². The maximum Gasteiger partial charge on any atom is 0.321 e. The summed E-state index contributed by atoms with van der Waals surface area (Å²) in [4.78, 5) is 26.4. The predicted molar refractivity (Wildman–Crippen MR) is 127 cm³/mol. The predicted octanol–water partition coefficient (Wildman–Crippen LogP) is 6.28. The lowest BCUT2D eigenvalue weighted by molar-refractivity contribution is -0.140. The van der Waals surface area contributed by atoms with E-state index in [0.717, 1.165) is 31.4 Å². The fraction of sp³-hybridized carbons (Fsp3) is 0.440. The van der Waals surface area contributed by atoms with Gasteiger partial charge in [0.05, 0.1) is 7.11 Å². The van der Waals surface area contributed by atoms with Crippen LogP contribution in [-0.4, -0.2) is 37.1 Å². The average Bonchev–Trinajstić information content (AvgIpc) is 2.82. The van der Waals surface area contributed by atoms with E-state index in [9.17, 15) is 9.59 Å². The minimum Gasteiger partial charge on any atom is -0.469 e. The monoisotopic (exact) mass is 444 g/mol. The van der Waals surface area contributed by atoms with Crippen LogP contribution in [0.1, 0.15) is 51.5 Å². The summed E-state index contributed by atoms with van der Waals surface area (Å²) in [6.07, 6.45) is 3.86. The smallest absolute Gasteiger partial charge is 0.321 e. The summed E-state index contributed by atoms with van der Waals surface area (Å²) < 4.78 is 4.79. The number of hydrogen-bond acceptors (Lipinski definition) is 3. The van der Waals surface area contributed by atoms with Crippen molar-refractivity contribution >= 4 is 29.3 Å². The molecule has 0 spiro atoms. The zero-order chi connectivity index (χ0) is 22.7. The van der Waals surface area contributed by atoms with Gasteiger partial charge in [-0.1, -0.05) is 55.8 Å². The number of methoxy groups -OCH3 is 1. The topological polar surface area (TPSA) is 58.6 Å². The molecule has 1 heterocycles. The molecule has 168 valence electrons. The van der Waals surface area contributed by atoms with E-state index < -0.39 is 0 Å². The molecule has 1 unspecified atom stereocenters. The lowest BCUT2D eigenvalue weighted by Gasteiger charge is -2.43. The first-order chi connectivity index (χ1) is 15.0. The van der Waals surface area contributed by atoms with Crippen LogP contribution in [0.2, 0.25) is 5.02 Å². The van der Waals surface area contributed by atoms with Crippen LogP contribution in [0.15, 0.2) is 54.6 Å². The van der Waals surface area contributed by atoms with E-state index in [1.54, 1.807) is 24.3 Å². The van der Waals surface area contributed by atoms with Crippen molar-refractivity contribution in [3.05, 3.63) is 65.2 Å². The van der Waals surface area contributed by atoms with E-state index >= 15 is 0 Å². The summed E-state index contributed by atoms with van der Waals surface area (Å²) in [7, 11) is 1.42. The Bertz CT molecular complexity index is 826. The molecule has 1 fully saturated rings. The Morgan fingerprint density at radius 3 is 2.42 bits per heavy atom. The number of halogens is 1. The molecule has 1 atom stereocenters. The van der Waals surface area contributed by atoms with Gasteiger partial charge >= 0.3 is 12.0 Å². The highest BCUT2D eigenvalue weighted by molar-refractivity contribution is 6.30. The second-order valence-corrected chi connectivity index (χ2v) is 7.97. The zero-order valence-electron chi connectivity index (χ0n) is 18.7. The number of hydrogen-bond donors (Lipinski definition) is 1. The van der Waals surface area contributed by atoms with Crippen molar-refractivity contribution in [2.24, 2.45) is 0 Å². The molecule has 1 saturated heterocycles. The number of amides is 2. The van der Waals surface area contributed by atoms with Crippen molar-refractivity contribution in [1.82, 2.24) is 4.90 Å². The quantitative estimate of drug-likeness (QED) is 0.533. The summed E-state index contributed by atoms with van der Waals surface area (Å²) in [6.45, 7) is 5.34. The number of likely N-dealkylation sites (tertiary alicyclic amines) is 1. The van der Waals surface area contributed by atoms with Gasteiger partial charge in [-0.05, 0) is 55.5 Å². The highest BCUT2D eigenvalue weighted by Crippen LogP contribution is 2.39. The average molecular weight is 445 g/mol. The molecule has 1 aliphatic heterocycles. The number of carbonyl (C=O) groups excluding carboxylic acids is 2. The van der Waals surface area contributed by atoms with Gasteiger partial charge in [0.25, 0.3) is 0 Å². The molecule has 31 heavy (non-hydrogen) atoms. The van der Waals surface area contributed by atoms with Crippen molar-refractivity contribution in [2.75, 3.05) is 25.5 Å². The molecule has 2 amide bonds. The number of urea groups is 1. The van der Waals surface area contributed by atoms with Gasteiger partial charge in [0.1, 0.15) is 0 Å². The molecular formula is C25H33ClN2O3. The Morgan fingerprint density at radius 1 is 1.10 bits per heavy atom. The first kappa shape index (κ1) is 24.7. The molecule has 0 bridgehead atoms. The van der Waals surface area contributed by atoms with E-state index in [0.29, 0.717) is 24.5 Å². The minimum absolute atomic E-state index is 0.111. The first-order valence-corrected chi connectivity index (χ1v) is 11.3. The van der Waals surface area contributed by atoms with Crippen molar-refractivity contribution in [3.63, 3.8) is 0 Å². The minimum atomic E-state index is -0.193. The number of benzene rings is 2. The fourth-order valence-corrected chi connectivity index (χ4v) is 4.22. The molecule has 5 nitrogen and oxygen atoms in total. The molecule has 1 N–H and O–H groups in total. The van der Waals surface area contributed by atoms with Crippen LogP contribution >= 0.6 is 11.6 Å². The molecule has 1 aliphatic rings. The molecule has 0 radical (unpaired) electrons. The van der Waals surface area contributed by atoms with Gasteiger partial charge in [0.15, 0.2) is 0 Å². The largest absolute Gasteiger partial charge is 0.469 e. The second kappa shape index (κ2) is 12.4. The molecule has 2 aromatic carbocycles. The second-order valence-electron chi connectivity index (χ2n) is 7.54. The number of ether oxygens (including phenoxy) is 1. The number of esters is 1. The number of nitrogens with zero attached hydrogens (tertiary/aromatic N) is 1. The number of nitrogens with one attached hydrogen (secondary N) is 1.